The minimum absolute atomic E-state index is 0.452. The fraction of sp³-hybridized carbons (Fsp3) is 0.500. The number of rotatable bonds is 5. The highest BCUT2D eigenvalue weighted by atomic mass is 14.9. The Kier molecular flexibility index (Phi) is 4.23. The van der Waals surface area contributed by atoms with Crippen molar-refractivity contribution in [3.63, 3.8) is 0 Å². The number of fused-ring (bicyclic) bond motifs is 1. The molecule has 0 aliphatic heterocycles. The van der Waals surface area contributed by atoms with Crippen molar-refractivity contribution < 1.29 is 0 Å². The number of benzene rings is 1. The van der Waals surface area contributed by atoms with E-state index >= 15 is 0 Å². The van der Waals surface area contributed by atoms with Crippen molar-refractivity contribution in [1.82, 2.24) is 5.32 Å². The van der Waals surface area contributed by atoms with Crippen LogP contribution in [0.5, 0.6) is 0 Å². The van der Waals surface area contributed by atoms with Gasteiger partial charge < -0.3 is 5.32 Å². The lowest BCUT2D eigenvalue weighted by Crippen LogP contribution is -2.27. The van der Waals surface area contributed by atoms with Crippen LogP contribution in [0.1, 0.15) is 42.9 Å². The summed E-state index contributed by atoms with van der Waals surface area (Å²) in [4.78, 5) is 0. The van der Waals surface area contributed by atoms with Crippen LogP contribution in [0.25, 0.3) is 0 Å². The second kappa shape index (κ2) is 5.89. The lowest BCUT2D eigenvalue weighted by Gasteiger charge is -2.14. The zero-order chi connectivity index (χ0) is 12.1. The molecule has 1 unspecified atom stereocenters. The van der Waals surface area contributed by atoms with Crippen molar-refractivity contribution in [2.45, 2.75) is 51.6 Å². The maximum Gasteiger partial charge on any atom is 0.0240 e. The first-order valence-electron chi connectivity index (χ1n) is 6.61. The molecular weight excluding hydrogens is 206 g/mol. The van der Waals surface area contributed by atoms with Crippen molar-refractivity contribution in [1.29, 1.82) is 0 Å². The van der Waals surface area contributed by atoms with E-state index in [0.717, 1.165) is 19.4 Å². The van der Waals surface area contributed by atoms with Crippen LogP contribution in [0.4, 0.5) is 0 Å². The van der Waals surface area contributed by atoms with E-state index in [4.69, 9.17) is 6.42 Å². The quantitative estimate of drug-likeness (QED) is 0.762. The van der Waals surface area contributed by atoms with Gasteiger partial charge in [-0.25, -0.2) is 0 Å². The molecule has 1 N–H and O–H groups in total. The van der Waals surface area contributed by atoms with E-state index in [2.05, 4.69) is 36.4 Å². The second-order valence-electron chi connectivity index (χ2n) is 4.85. The van der Waals surface area contributed by atoms with E-state index in [1.807, 2.05) is 0 Å². The summed E-state index contributed by atoms with van der Waals surface area (Å²) in [7, 11) is 0. The van der Waals surface area contributed by atoms with Crippen LogP contribution in [-0.2, 0) is 19.4 Å². The van der Waals surface area contributed by atoms with Gasteiger partial charge in [0.1, 0.15) is 0 Å². The monoisotopic (exact) mass is 227 g/mol. The molecular formula is C16H21N. The molecule has 90 valence electrons. The fourth-order valence-corrected chi connectivity index (χ4v) is 2.50. The highest BCUT2D eigenvalue weighted by molar-refractivity contribution is 5.35. The summed E-state index contributed by atoms with van der Waals surface area (Å²) in [5, 5.41) is 3.54. The Morgan fingerprint density at radius 3 is 2.94 bits per heavy atom. The van der Waals surface area contributed by atoms with Crippen LogP contribution >= 0.6 is 0 Å². The topological polar surface area (TPSA) is 12.0 Å². The Labute approximate surface area is 105 Å². The van der Waals surface area contributed by atoms with E-state index in [1.54, 1.807) is 11.1 Å². The van der Waals surface area contributed by atoms with Gasteiger partial charge in [-0.3, -0.25) is 0 Å². The lowest BCUT2D eigenvalue weighted by atomic mass is 10.1. The van der Waals surface area contributed by atoms with Gasteiger partial charge in [0.2, 0.25) is 0 Å². The number of hydrogen-bond donors (Lipinski definition) is 1. The number of terminal acetylenes is 1. The van der Waals surface area contributed by atoms with Gasteiger partial charge in [-0.2, -0.15) is 0 Å². The van der Waals surface area contributed by atoms with E-state index in [1.165, 1.54) is 24.8 Å². The summed E-state index contributed by atoms with van der Waals surface area (Å²) in [6.07, 6.45) is 11.1. The Bertz CT molecular complexity index is 414. The summed E-state index contributed by atoms with van der Waals surface area (Å²) < 4.78 is 0. The van der Waals surface area contributed by atoms with E-state index in [0.29, 0.717) is 6.04 Å². The molecule has 17 heavy (non-hydrogen) atoms. The van der Waals surface area contributed by atoms with Gasteiger partial charge in [0.15, 0.2) is 0 Å². The SMILES string of the molecule is C#CCC(CC)NCc1ccc2c(c1)CCC2. The Morgan fingerprint density at radius 1 is 1.35 bits per heavy atom. The van der Waals surface area contributed by atoms with Crippen molar-refractivity contribution in [3.05, 3.63) is 34.9 Å². The van der Waals surface area contributed by atoms with Crippen LogP contribution in [0.2, 0.25) is 0 Å². The maximum atomic E-state index is 5.36. The second-order valence-corrected chi connectivity index (χ2v) is 4.85. The van der Waals surface area contributed by atoms with Crippen LogP contribution in [-0.4, -0.2) is 6.04 Å². The van der Waals surface area contributed by atoms with Gasteiger partial charge in [-0.15, -0.1) is 12.3 Å². The Balaban J connectivity index is 1.93. The van der Waals surface area contributed by atoms with E-state index in [-0.39, 0.29) is 0 Å². The average molecular weight is 227 g/mol. The summed E-state index contributed by atoms with van der Waals surface area (Å²) >= 11 is 0. The molecule has 1 aromatic rings. The molecule has 0 bridgehead atoms. The largest absolute Gasteiger partial charge is 0.309 e. The molecule has 1 aliphatic rings. The van der Waals surface area contributed by atoms with Crippen molar-refractivity contribution in [3.8, 4) is 12.3 Å². The third-order valence-corrected chi connectivity index (χ3v) is 3.61. The molecule has 1 aliphatic carbocycles. The summed E-state index contributed by atoms with van der Waals surface area (Å²) in [6, 6.07) is 7.35. The minimum atomic E-state index is 0.452. The van der Waals surface area contributed by atoms with Gasteiger partial charge >= 0.3 is 0 Å². The highest BCUT2D eigenvalue weighted by Gasteiger charge is 2.11. The minimum Gasteiger partial charge on any atom is -0.309 e. The predicted octanol–water partition coefficient (Wildman–Crippen LogP) is 3.07. The van der Waals surface area contributed by atoms with Gasteiger partial charge in [0.05, 0.1) is 0 Å². The van der Waals surface area contributed by atoms with Gasteiger partial charge in [0, 0.05) is 19.0 Å². The molecule has 0 heterocycles. The molecule has 0 fully saturated rings. The molecule has 1 heteroatoms. The number of aryl methyl sites for hydroxylation is 2. The first-order chi connectivity index (χ1) is 8.33. The van der Waals surface area contributed by atoms with Crippen LogP contribution in [0.3, 0.4) is 0 Å². The summed E-state index contributed by atoms with van der Waals surface area (Å²) in [6.45, 7) is 3.12. The Morgan fingerprint density at radius 2 is 2.18 bits per heavy atom. The smallest absolute Gasteiger partial charge is 0.0240 e. The summed E-state index contributed by atoms with van der Waals surface area (Å²) in [5.41, 5.74) is 4.49. The first-order valence-corrected chi connectivity index (χ1v) is 6.61. The van der Waals surface area contributed by atoms with E-state index < -0.39 is 0 Å². The molecule has 1 atom stereocenters. The molecule has 0 saturated heterocycles. The lowest BCUT2D eigenvalue weighted by molar-refractivity contribution is 0.506. The third-order valence-electron chi connectivity index (χ3n) is 3.61. The molecule has 1 nitrogen and oxygen atoms in total. The number of nitrogens with one attached hydrogen (secondary N) is 1. The van der Waals surface area contributed by atoms with Gasteiger partial charge in [-0.05, 0) is 42.4 Å². The van der Waals surface area contributed by atoms with Crippen molar-refractivity contribution >= 4 is 0 Å². The molecule has 1 aromatic carbocycles. The molecule has 2 rings (SSSR count). The highest BCUT2D eigenvalue weighted by Crippen LogP contribution is 2.22. The third kappa shape index (κ3) is 3.11. The predicted molar refractivity (Wildman–Crippen MR) is 72.8 cm³/mol. The van der Waals surface area contributed by atoms with Gasteiger partial charge in [0.25, 0.3) is 0 Å². The standard InChI is InChI=1S/C16H21N/c1-3-6-16(4-2)17-12-13-9-10-14-7-5-8-15(14)11-13/h1,9-11,16-17H,4-8,12H2,2H3. The van der Waals surface area contributed by atoms with Crippen LogP contribution in [0, 0.1) is 12.3 Å². The zero-order valence-corrected chi connectivity index (χ0v) is 10.6. The van der Waals surface area contributed by atoms with E-state index in [9.17, 15) is 0 Å². The fourth-order valence-electron chi connectivity index (χ4n) is 2.50. The zero-order valence-electron chi connectivity index (χ0n) is 10.6. The molecule has 0 spiro atoms. The molecule has 0 amide bonds. The first kappa shape index (κ1) is 12.2. The van der Waals surface area contributed by atoms with Crippen LogP contribution in [0.15, 0.2) is 18.2 Å². The average Bonchev–Trinajstić information content (AvgIpc) is 2.81. The molecule has 0 aromatic heterocycles. The maximum absolute atomic E-state index is 5.36. The van der Waals surface area contributed by atoms with Crippen LogP contribution < -0.4 is 5.32 Å². The van der Waals surface area contributed by atoms with Crippen molar-refractivity contribution in [2.75, 3.05) is 0 Å². The van der Waals surface area contributed by atoms with Crippen molar-refractivity contribution in [2.24, 2.45) is 0 Å². The normalized spacial score (nSPS) is 15.3. The molecule has 0 radical (unpaired) electrons. The number of hydrogen-bond acceptors (Lipinski definition) is 1. The Hall–Kier alpha value is -1.26. The molecule has 0 saturated carbocycles. The van der Waals surface area contributed by atoms with Gasteiger partial charge in [-0.1, -0.05) is 25.1 Å². The summed E-state index contributed by atoms with van der Waals surface area (Å²) in [5.74, 6) is 2.73.